The van der Waals surface area contributed by atoms with E-state index in [0.717, 1.165) is 11.8 Å². The highest BCUT2D eigenvalue weighted by atomic mass is 32.2. The van der Waals surface area contributed by atoms with E-state index in [-0.39, 0.29) is 0 Å². The maximum absolute atomic E-state index is 11.2. The maximum atomic E-state index is 11.2. The van der Waals surface area contributed by atoms with Gasteiger partial charge < -0.3 is 4.52 Å². The summed E-state index contributed by atoms with van der Waals surface area (Å²) in [4.78, 5) is 4.31. The Hall–Kier alpha value is -2.19. The van der Waals surface area contributed by atoms with Gasteiger partial charge in [0.05, 0.1) is 11.8 Å². The highest BCUT2D eigenvalue weighted by Gasteiger charge is 2.11. The van der Waals surface area contributed by atoms with Crippen LogP contribution < -0.4 is 4.72 Å². The molecule has 0 atom stereocenters. The number of rotatable bonds is 4. The molecule has 0 aliphatic heterocycles. The van der Waals surface area contributed by atoms with E-state index in [9.17, 15) is 8.42 Å². The van der Waals surface area contributed by atoms with Crippen molar-refractivity contribution in [2.45, 2.75) is 0 Å². The third-order valence-corrected chi connectivity index (χ3v) is 3.91. The smallest absolute Gasteiger partial charge is 0.259 e. The third-order valence-electron chi connectivity index (χ3n) is 2.62. The number of hydrogen-bond acceptors (Lipinski definition) is 6. The fourth-order valence-corrected chi connectivity index (χ4v) is 2.96. The van der Waals surface area contributed by atoms with Gasteiger partial charge in [0.2, 0.25) is 15.8 Å². The second-order valence-corrected chi connectivity index (χ2v) is 6.92. The highest BCUT2D eigenvalue weighted by Crippen LogP contribution is 2.25. The molecule has 3 rings (SSSR count). The normalized spacial score (nSPS) is 11.5. The van der Waals surface area contributed by atoms with E-state index < -0.39 is 10.0 Å². The first-order valence-corrected chi connectivity index (χ1v) is 8.79. The average Bonchev–Trinajstić information content (AvgIpc) is 3.08. The molecular formula is C13H11N3O3S2. The molecule has 108 valence electrons. The molecule has 21 heavy (non-hydrogen) atoms. The van der Waals surface area contributed by atoms with E-state index in [2.05, 4.69) is 14.9 Å². The van der Waals surface area contributed by atoms with Crippen LogP contribution in [0.4, 0.5) is 5.69 Å². The third kappa shape index (κ3) is 3.29. The zero-order valence-corrected chi connectivity index (χ0v) is 12.6. The molecule has 0 radical (unpaired) electrons. The molecule has 0 bridgehead atoms. The van der Waals surface area contributed by atoms with Crippen molar-refractivity contribution in [1.82, 2.24) is 10.1 Å². The summed E-state index contributed by atoms with van der Waals surface area (Å²) in [6.07, 6.45) is 1.10. The van der Waals surface area contributed by atoms with Crippen LogP contribution in [0.2, 0.25) is 0 Å². The van der Waals surface area contributed by atoms with Gasteiger partial charge in [0.15, 0.2) is 0 Å². The van der Waals surface area contributed by atoms with Gasteiger partial charge in [0.25, 0.3) is 5.89 Å². The quantitative estimate of drug-likeness (QED) is 0.798. The van der Waals surface area contributed by atoms with Gasteiger partial charge in [-0.05, 0) is 23.6 Å². The minimum absolute atomic E-state index is 0.411. The Labute approximate surface area is 125 Å². The number of aromatic nitrogens is 2. The predicted molar refractivity (Wildman–Crippen MR) is 81.5 cm³/mol. The van der Waals surface area contributed by atoms with Crippen LogP contribution in [0.15, 0.2) is 45.6 Å². The van der Waals surface area contributed by atoms with E-state index >= 15 is 0 Å². The lowest BCUT2D eigenvalue weighted by Crippen LogP contribution is -2.09. The number of nitrogens with one attached hydrogen (secondary N) is 1. The van der Waals surface area contributed by atoms with Crippen LogP contribution in [-0.2, 0) is 10.0 Å². The molecule has 0 saturated heterocycles. The van der Waals surface area contributed by atoms with Gasteiger partial charge >= 0.3 is 0 Å². The first-order valence-electron chi connectivity index (χ1n) is 5.96. The summed E-state index contributed by atoms with van der Waals surface area (Å²) in [6, 6.07) is 8.72. The van der Waals surface area contributed by atoms with Crippen molar-refractivity contribution in [2.24, 2.45) is 0 Å². The topological polar surface area (TPSA) is 85.1 Å². The summed E-state index contributed by atoms with van der Waals surface area (Å²) in [5, 5.41) is 7.76. The van der Waals surface area contributed by atoms with Gasteiger partial charge in [-0.15, -0.1) is 0 Å². The van der Waals surface area contributed by atoms with E-state index in [1.807, 2.05) is 16.8 Å². The first kappa shape index (κ1) is 13.8. The van der Waals surface area contributed by atoms with Crippen molar-refractivity contribution in [3.8, 4) is 22.8 Å². The van der Waals surface area contributed by atoms with Gasteiger partial charge in [0.1, 0.15) is 0 Å². The van der Waals surface area contributed by atoms with E-state index in [1.165, 1.54) is 0 Å². The van der Waals surface area contributed by atoms with Crippen LogP contribution >= 0.6 is 11.3 Å². The molecule has 0 aliphatic rings. The molecule has 2 heterocycles. The molecule has 2 aromatic heterocycles. The van der Waals surface area contributed by atoms with Gasteiger partial charge in [-0.3, -0.25) is 4.72 Å². The van der Waals surface area contributed by atoms with Crippen molar-refractivity contribution in [1.29, 1.82) is 0 Å². The first-order chi connectivity index (χ1) is 10.0. The molecule has 0 amide bonds. The maximum Gasteiger partial charge on any atom is 0.259 e. The Morgan fingerprint density at radius 1 is 1.24 bits per heavy atom. The fraction of sp³-hybridized carbons (Fsp3) is 0.0769. The van der Waals surface area contributed by atoms with Crippen molar-refractivity contribution < 1.29 is 12.9 Å². The molecule has 1 aromatic carbocycles. The molecule has 0 spiro atoms. The van der Waals surface area contributed by atoms with E-state index in [0.29, 0.717) is 23.0 Å². The van der Waals surface area contributed by atoms with Gasteiger partial charge in [-0.25, -0.2) is 8.42 Å². The standard InChI is InChI=1S/C13H11N3O3S2/c1-21(17,18)16-11-4-2-3-9(7-11)12-14-13(19-15-12)10-5-6-20-8-10/h2-8,16H,1H3. The second-order valence-electron chi connectivity index (χ2n) is 4.39. The molecule has 3 aromatic rings. The summed E-state index contributed by atoms with van der Waals surface area (Å²) in [6.45, 7) is 0. The van der Waals surface area contributed by atoms with Crippen LogP contribution in [0, 0.1) is 0 Å². The minimum atomic E-state index is -3.32. The summed E-state index contributed by atoms with van der Waals surface area (Å²) in [5.74, 6) is 0.848. The number of thiophene rings is 1. The number of anilines is 1. The molecule has 0 saturated carbocycles. The molecule has 0 unspecified atom stereocenters. The zero-order chi connectivity index (χ0) is 14.9. The van der Waals surface area contributed by atoms with Crippen molar-refractivity contribution in [3.05, 3.63) is 41.1 Å². The lowest BCUT2D eigenvalue weighted by Gasteiger charge is -2.04. The van der Waals surface area contributed by atoms with E-state index in [4.69, 9.17) is 4.52 Å². The fourth-order valence-electron chi connectivity index (χ4n) is 1.78. The monoisotopic (exact) mass is 321 g/mol. The Morgan fingerprint density at radius 2 is 2.10 bits per heavy atom. The summed E-state index contributed by atoms with van der Waals surface area (Å²) >= 11 is 1.54. The molecule has 8 heteroatoms. The summed E-state index contributed by atoms with van der Waals surface area (Å²) in [7, 11) is -3.32. The Morgan fingerprint density at radius 3 is 2.81 bits per heavy atom. The number of benzene rings is 1. The van der Waals surface area contributed by atoms with Crippen LogP contribution in [0.1, 0.15) is 0 Å². The Kier molecular flexibility index (Phi) is 3.48. The average molecular weight is 321 g/mol. The summed E-state index contributed by atoms with van der Waals surface area (Å²) < 4.78 is 30.1. The largest absolute Gasteiger partial charge is 0.334 e. The van der Waals surface area contributed by atoms with Crippen molar-refractivity contribution in [2.75, 3.05) is 11.0 Å². The molecule has 6 nitrogen and oxygen atoms in total. The predicted octanol–water partition coefficient (Wildman–Crippen LogP) is 2.84. The zero-order valence-electron chi connectivity index (χ0n) is 11.0. The Bertz CT molecular complexity index is 854. The SMILES string of the molecule is CS(=O)(=O)Nc1cccc(-c2noc(-c3ccsc3)n2)c1. The van der Waals surface area contributed by atoms with Gasteiger partial charge in [-0.2, -0.15) is 16.3 Å². The van der Waals surface area contributed by atoms with Crippen LogP contribution in [0.3, 0.4) is 0 Å². The molecule has 0 fully saturated rings. The van der Waals surface area contributed by atoms with Crippen LogP contribution in [0.25, 0.3) is 22.8 Å². The molecule has 1 N–H and O–H groups in total. The van der Waals surface area contributed by atoms with Crippen LogP contribution in [-0.4, -0.2) is 24.8 Å². The number of sulfonamides is 1. The highest BCUT2D eigenvalue weighted by molar-refractivity contribution is 7.92. The lowest BCUT2D eigenvalue weighted by atomic mass is 10.2. The summed E-state index contributed by atoms with van der Waals surface area (Å²) in [5.41, 5.74) is 2.00. The minimum Gasteiger partial charge on any atom is -0.334 e. The van der Waals surface area contributed by atoms with E-state index in [1.54, 1.807) is 35.6 Å². The molecular weight excluding hydrogens is 310 g/mol. The Balaban J connectivity index is 1.92. The van der Waals surface area contributed by atoms with Gasteiger partial charge in [-0.1, -0.05) is 17.3 Å². The second kappa shape index (κ2) is 5.30. The molecule has 0 aliphatic carbocycles. The van der Waals surface area contributed by atoms with Crippen molar-refractivity contribution in [3.63, 3.8) is 0 Å². The lowest BCUT2D eigenvalue weighted by molar-refractivity contribution is 0.432. The van der Waals surface area contributed by atoms with Crippen LogP contribution in [0.5, 0.6) is 0 Å². The number of nitrogens with zero attached hydrogens (tertiary/aromatic N) is 2. The van der Waals surface area contributed by atoms with Crippen molar-refractivity contribution >= 4 is 27.0 Å². The number of hydrogen-bond donors (Lipinski definition) is 1. The van der Waals surface area contributed by atoms with Gasteiger partial charge in [0, 0.05) is 16.6 Å².